The monoisotopic (exact) mass is 273 g/mol. The molecule has 1 spiro atoms. The molecule has 2 saturated heterocycles. The third-order valence-electron chi connectivity index (χ3n) is 4.16. The van der Waals surface area contributed by atoms with Crippen molar-refractivity contribution in [1.29, 1.82) is 0 Å². The molecule has 0 atom stereocenters. The predicted molar refractivity (Wildman–Crippen MR) is 75.1 cm³/mol. The molecule has 2 fully saturated rings. The van der Waals surface area contributed by atoms with Crippen molar-refractivity contribution >= 4 is 11.9 Å². The zero-order valence-corrected chi connectivity index (χ0v) is 11.6. The maximum atomic E-state index is 12.6. The van der Waals surface area contributed by atoms with Gasteiger partial charge in [0, 0.05) is 0 Å². The smallest absolute Gasteiger partial charge is 0.323 e. The number of carbonyl (C=O) groups excluding carboxylic acids is 2. The minimum absolute atomic E-state index is 0.0791. The Hall–Kier alpha value is -1.88. The van der Waals surface area contributed by atoms with Gasteiger partial charge in [0.1, 0.15) is 5.54 Å². The molecule has 1 aromatic rings. The molecule has 0 aromatic heterocycles. The third-order valence-corrected chi connectivity index (χ3v) is 4.16. The Labute approximate surface area is 118 Å². The number of nitrogens with one attached hydrogen (secondary N) is 2. The van der Waals surface area contributed by atoms with Gasteiger partial charge in [-0.2, -0.15) is 0 Å². The summed E-state index contributed by atoms with van der Waals surface area (Å²) >= 11 is 0. The molecule has 5 heteroatoms. The first-order chi connectivity index (χ1) is 9.61. The van der Waals surface area contributed by atoms with Crippen molar-refractivity contribution in [3.63, 3.8) is 0 Å². The minimum Gasteiger partial charge on any atom is -0.323 e. The Kier molecular flexibility index (Phi) is 3.22. The van der Waals surface area contributed by atoms with Gasteiger partial charge in [-0.3, -0.25) is 9.69 Å². The molecule has 106 valence electrons. The lowest BCUT2D eigenvalue weighted by Gasteiger charge is -2.31. The molecule has 20 heavy (non-hydrogen) atoms. The average Bonchev–Trinajstić information content (AvgIpc) is 2.67. The molecule has 2 aliphatic heterocycles. The largest absolute Gasteiger partial charge is 0.325 e. The topological polar surface area (TPSA) is 61.4 Å². The van der Waals surface area contributed by atoms with Crippen LogP contribution in [-0.2, 0) is 11.3 Å². The summed E-state index contributed by atoms with van der Waals surface area (Å²) in [5.74, 6) is -0.0791. The van der Waals surface area contributed by atoms with Crippen LogP contribution in [0.2, 0.25) is 0 Å². The number of benzene rings is 1. The summed E-state index contributed by atoms with van der Waals surface area (Å²) < 4.78 is 0. The standard InChI is InChI=1S/C15H19N3O2/c1-11-2-4-12(5-3-11)10-18-13(19)15(17-14(18)20)6-8-16-9-7-15/h2-5,16H,6-10H2,1H3,(H,17,20). The van der Waals surface area contributed by atoms with E-state index in [1.807, 2.05) is 31.2 Å². The van der Waals surface area contributed by atoms with Gasteiger partial charge in [-0.25, -0.2) is 4.79 Å². The first kappa shape index (κ1) is 13.1. The van der Waals surface area contributed by atoms with Crippen molar-refractivity contribution in [3.05, 3.63) is 35.4 Å². The fourth-order valence-electron chi connectivity index (χ4n) is 2.89. The highest BCUT2D eigenvalue weighted by Gasteiger charge is 2.51. The van der Waals surface area contributed by atoms with Gasteiger partial charge in [0.25, 0.3) is 5.91 Å². The first-order valence-electron chi connectivity index (χ1n) is 7.01. The van der Waals surface area contributed by atoms with Gasteiger partial charge < -0.3 is 10.6 Å². The number of rotatable bonds is 2. The number of piperidine rings is 1. The zero-order chi connectivity index (χ0) is 14.2. The van der Waals surface area contributed by atoms with Gasteiger partial charge in [0.2, 0.25) is 0 Å². The van der Waals surface area contributed by atoms with Crippen LogP contribution in [-0.4, -0.2) is 35.5 Å². The minimum atomic E-state index is -0.674. The van der Waals surface area contributed by atoms with Gasteiger partial charge in [-0.1, -0.05) is 29.8 Å². The molecule has 1 aromatic carbocycles. The van der Waals surface area contributed by atoms with Crippen LogP contribution in [0.1, 0.15) is 24.0 Å². The summed E-state index contributed by atoms with van der Waals surface area (Å²) in [6.45, 7) is 3.90. The molecule has 0 radical (unpaired) electrons. The van der Waals surface area contributed by atoms with E-state index in [1.54, 1.807) is 0 Å². The van der Waals surface area contributed by atoms with Gasteiger partial charge in [-0.05, 0) is 38.4 Å². The second-order valence-electron chi connectivity index (χ2n) is 5.64. The van der Waals surface area contributed by atoms with Crippen LogP contribution in [0, 0.1) is 6.92 Å². The van der Waals surface area contributed by atoms with Gasteiger partial charge in [0.05, 0.1) is 6.54 Å². The van der Waals surface area contributed by atoms with E-state index in [9.17, 15) is 9.59 Å². The molecular formula is C15H19N3O2. The van der Waals surface area contributed by atoms with E-state index in [4.69, 9.17) is 0 Å². The number of amides is 3. The molecule has 0 bridgehead atoms. The van der Waals surface area contributed by atoms with Crippen LogP contribution in [0.4, 0.5) is 4.79 Å². The summed E-state index contributed by atoms with van der Waals surface area (Å²) in [4.78, 5) is 26.0. The highest BCUT2D eigenvalue weighted by atomic mass is 16.2. The Morgan fingerprint density at radius 3 is 2.45 bits per heavy atom. The van der Waals surface area contributed by atoms with Gasteiger partial charge >= 0.3 is 6.03 Å². The van der Waals surface area contributed by atoms with E-state index < -0.39 is 5.54 Å². The molecule has 2 aliphatic rings. The van der Waals surface area contributed by atoms with Gasteiger partial charge in [0.15, 0.2) is 0 Å². The fraction of sp³-hybridized carbons (Fsp3) is 0.467. The Balaban J connectivity index is 1.78. The number of nitrogens with zero attached hydrogens (tertiary/aromatic N) is 1. The second kappa shape index (κ2) is 4.90. The first-order valence-corrected chi connectivity index (χ1v) is 7.01. The van der Waals surface area contributed by atoms with Crippen LogP contribution in [0.15, 0.2) is 24.3 Å². The van der Waals surface area contributed by atoms with Crippen molar-refractivity contribution in [1.82, 2.24) is 15.5 Å². The third kappa shape index (κ3) is 2.18. The Morgan fingerprint density at radius 2 is 1.80 bits per heavy atom. The number of hydrogen-bond acceptors (Lipinski definition) is 3. The van der Waals surface area contributed by atoms with E-state index in [0.29, 0.717) is 19.4 Å². The number of carbonyl (C=O) groups is 2. The van der Waals surface area contributed by atoms with Crippen molar-refractivity contribution < 1.29 is 9.59 Å². The summed E-state index contributed by atoms with van der Waals surface area (Å²) in [5.41, 5.74) is 1.47. The van der Waals surface area contributed by atoms with Crippen molar-refractivity contribution in [2.45, 2.75) is 31.8 Å². The van der Waals surface area contributed by atoms with E-state index in [2.05, 4.69) is 10.6 Å². The predicted octanol–water partition coefficient (Wildman–Crippen LogP) is 1.17. The second-order valence-corrected chi connectivity index (χ2v) is 5.64. The molecule has 3 amide bonds. The fourth-order valence-corrected chi connectivity index (χ4v) is 2.89. The lowest BCUT2D eigenvalue weighted by atomic mass is 9.88. The SMILES string of the molecule is Cc1ccc(CN2C(=O)NC3(CCNCC3)C2=O)cc1. The van der Waals surface area contributed by atoms with E-state index in [1.165, 1.54) is 10.5 Å². The van der Waals surface area contributed by atoms with Crippen molar-refractivity contribution in [3.8, 4) is 0 Å². The Morgan fingerprint density at radius 1 is 1.15 bits per heavy atom. The molecule has 0 aliphatic carbocycles. The molecule has 0 saturated carbocycles. The van der Waals surface area contributed by atoms with E-state index in [-0.39, 0.29) is 11.9 Å². The number of imide groups is 1. The lowest BCUT2D eigenvalue weighted by Crippen LogP contribution is -2.53. The average molecular weight is 273 g/mol. The van der Waals surface area contributed by atoms with Crippen LogP contribution >= 0.6 is 0 Å². The summed E-state index contributed by atoms with van der Waals surface area (Å²) in [6, 6.07) is 7.65. The molecule has 2 N–H and O–H groups in total. The van der Waals surface area contributed by atoms with Crippen molar-refractivity contribution in [2.75, 3.05) is 13.1 Å². The molecule has 2 heterocycles. The summed E-state index contributed by atoms with van der Waals surface area (Å²) in [6.07, 6.45) is 1.34. The quantitative estimate of drug-likeness (QED) is 0.795. The van der Waals surface area contributed by atoms with Gasteiger partial charge in [-0.15, -0.1) is 0 Å². The maximum Gasteiger partial charge on any atom is 0.325 e. The normalized spacial score (nSPS) is 21.4. The number of aryl methyl sites for hydroxylation is 1. The van der Waals surface area contributed by atoms with E-state index in [0.717, 1.165) is 18.7 Å². The highest BCUT2D eigenvalue weighted by molar-refractivity contribution is 6.07. The number of urea groups is 1. The summed E-state index contributed by atoms with van der Waals surface area (Å²) in [5, 5.41) is 6.12. The van der Waals surface area contributed by atoms with Crippen LogP contribution in [0.3, 0.4) is 0 Å². The number of hydrogen-bond donors (Lipinski definition) is 2. The van der Waals surface area contributed by atoms with Crippen LogP contribution < -0.4 is 10.6 Å². The molecule has 3 rings (SSSR count). The maximum absolute atomic E-state index is 12.6. The van der Waals surface area contributed by atoms with Crippen molar-refractivity contribution in [2.24, 2.45) is 0 Å². The lowest BCUT2D eigenvalue weighted by molar-refractivity contribution is -0.132. The highest BCUT2D eigenvalue weighted by Crippen LogP contribution is 2.27. The molecule has 5 nitrogen and oxygen atoms in total. The zero-order valence-electron chi connectivity index (χ0n) is 11.6. The molecular weight excluding hydrogens is 254 g/mol. The Bertz CT molecular complexity index is 533. The van der Waals surface area contributed by atoms with Crippen LogP contribution in [0.5, 0.6) is 0 Å². The summed E-state index contributed by atoms with van der Waals surface area (Å²) in [7, 11) is 0. The van der Waals surface area contributed by atoms with Crippen LogP contribution in [0.25, 0.3) is 0 Å². The molecule has 0 unspecified atom stereocenters. The van der Waals surface area contributed by atoms with E-state index >= 15 is 0 Å².